The van der Waals surface area contributed by atoms with Crippen molar-refractivity contribution >= 4 is 17.5 Å². The molecule has 1 heterocycles. The third-order valence-electron chi connectivity index (χ3n) is 5.30. The van der Waals surface area contributed by atoms with Gasteiger partial charge in [0, 0.05) is 12.1 Å². The molecule has 3 aromatic carbocycles. The Hall–Kier alpha value is -3.81. The predicted molar refractivity (Wildman–Crippen MR) is 117 cm³/mol. The van der Waals surface area contributed by atoms with Gasteiger partial charge < -0.3 is 15.0 Å². The van der Waals surface area contributed by atoms with Crippen molar-refractivity contribution in [2.75, 3.05) is 18.0 Å². The molecule has 0 radical (unpaired) electrons. The van der Waals surface area contributed by atoms with E-state index in [1.54, 1.807) is 24.3 Å². The lowest BCUT2D eigenvalue weighted by molar-refractivity contribution is -0.137. The number of hydrogen-bond acceptors (Lipinski definition) is 3. The van der Waals surface area contributed by atoms with Crippen molar-refractivity contribution in [3.05, 3.63) is 95.6 Å². The number of rotatable bonds is 5. The van der Waals surface area contributed by atoms with Crippen LogP contribution in [0.25, 0.3) is 0 Å². The molecule has 8 heteroatoms. The topological polar surface area (TPSA) is 58.6 Å². The summed E-state index contributed by atoms with van der Waals surface area (Å²) in [5.74, 6) is -0.728. The van der Waals surface area contributed by atoms with Crippen molar-refractivity contribution < 1.29 is 27.5 Å². The Bertz CT molecular complexity index is 1150. The van der Waals surface area contributed by atoms with E-state index in [9.17, 15) is 22.8 Å². The number of nitrogens with zero attached hydrogens (tertiary/aromatic N) is 1. The molecule has 1 N–H and O–H groups in total. The van der Waals surface area contributed by atoms with Gasteiger partial charge in [0.15, 0.2) is 6.10 Å². The fraction of sp³-hybridized carbons (Fsp3) is 0.200. The lowest BCUT2D eigenvalue weighted by atomic mass is 10.1. The van der Waals surface area contributed by atoms with Crippen LogP contribution in [0.3, 0.4) is 0 Å². The number of benzene rings is 3. The Morgan fingerprint density at radius 1 is 0.970 bits per heavy atom. The zero-order valence-electron chi connectivity index (χ0n) is 17.5. The second kappa shape index (κ2) is 9.36. The predicted octanol–water partition coefficient (Wildman–Crippen LogP) is 4.47. The first-order chi connectivity index (χ1) is 15.8. The van der Waals surface area contributed by atoms with E-state index in [4.69, 9.17) is 4.74 Å². The standard InChI is InChI=1S/C25H21F3N2O3/c26-25(27,28)19-10-6-9-18(15-19)24(32)30-16-22(33-21-12-5-4-11-20(21)30)23(31)29-14-13-17-7-2-1-3-8-17/h1-12,15,22H,13-14,16H2,(H,29,31). The fourth-order valence-corrected chi connectivity index (χ4v) is 3.64. The summed E-state index contributed by atoms with van der Waals surface area (Å²) in [4.78, 5) is 27.2. The normalized spacial score (nSPS) is 15.4. The van der Waals surface area contributed by atoms with Crippen molar-refractivity contribution in [2.45, 2.75) is 18.7 Å². The van der Waals surface area contributed by atoms with Crippen LogP contribution in [0.15, 0.2) is 78.9 Å². The molecule has 0 bridgehead atoms. The van der Waals surface area contributed by atoms with Gasteiger partial charge in [0.25, 0.3) is 11.8 Å². The number of fused-ring (bicyclic) bond motifs is 1. The lowest BCUT2D eigenvalue weighted by Crippen LogP contribution is -2.51. The van der Waals surface area contributed by atoms with Crippen molar-refractivity contribution in [3.8, 4) is 5.75 Å². The molecule has 1 atom stereocenters. The number of hydrogen-bond donors (Lipinski definition) is 1. The van der Waals surface area contributed by atoms with Crippen LogP contribution < -0.4 is 15.0 Å². The highest BCUT2D eigenvalue weighted by Crippen LogP contribution is 2.35. The van der Waals surface area contributed by atoms with Gasteiger partial charge in [-0.1, -0.05) is 48.5 Å². The summed E-state index contributed by atoms with van der Waals surface area (Å²) in [6, 6.07) is 20.5. The molecule has 5 nitrogen and oxygen atoms in total. The van der Waals surface area contributed by atoms with Gasteiger partial charge in [-0.25, -0.2) is 0 Å². The molecule has 1 aliphatic heterocycles. The summed E-state index contributed by atoms with van der Waals surface area (Å²) in [6.45, 7) is 0.259. The average Bonchev–Trinajstić information content (AvgIpc) is 2.83. The van der Waals surface area contributed by atoms with Gasteiger partial charge >= 0.3 is 6.18 Å². The van der Waals surface area contributed by atoms with Crippen LogP contribution in [-0.2, 0) is 17.4 Å². The monoisotopic (exact) mass is 454 g/mol. The number of halogens is 3. The maximum absolute atomic E-state index is 13.2. The largest absolute Gasteiger partial charge is 0.477 e. The SMILES string of the molecule is O=C(NCCc1ccccc1)C1CN(C(=O)c2cccc(C(F)(F)F)c2)c2ccccc2O1. The molecule has 0 saturated carbocycles. The van der Waals surface area contributed by atoms with E-state index in [0.29, 0.717) is 24.4 Å². The van der Waals surface area contributed by atoms with E-state index in [1.807, 2.05) is 30.3 Å². The smallest absolute Gasteiger partial charge is 0.416 e. The van der Waals surface area contributed by atoms with Crippen molar-refractivity contribution in [2.24, 2.45) is 0 Å². The Balaban J connectivity index is 1.52. The number of nitrogens with one attached hydrogen (secondary N) is 1. The van der Waals surface area contributed by atoms with Gasteiger partial charge in [0.05, 0.1) is 17.8 Å². The summed E-state index contributed by atoms with van der Waals surface area (Å²) >= 11 is 0. The molecule has 0 spiro atoms. The van der Waals surface area contributed by atoms with E-state index in [2.05, 4.69) is 5.32 Å². The van der Waals surface area contributed by atoms with Gasteiger partial charge in [0.1, 0.15) is 5.75 Å². The van der Waals surface area contributed by atoms with Gasteiger partial charge in [-0.3, -0.25) is 9.59 Å². The summed E-state index contributed by atoms with van der Waals surface area (Å²) in [5.41, 5.74) is 0.428. The molecule has 2 amide bonds. The molecule has 0 aromatic heterocycles. The number of carbonyl (C=O) groups excluding carboxylic acids is 2. The highest BCUT2D eigenvalue weighted by molar-refractivity contribution is 6.08. The van der Waals surface area contributed by atoms with Crippen LogP contribution in [-0.4, -0.2) is 31.0 Å². The number of para-hydroxylation sites is 2. The average molecular weight is 454 g/mol. The molecule has 1 unspecified atom stereocenters. The van der Waals surface area contributed by atoms with Crippen molar-refractivity contribution in [1.29, 1.82) is 0 Å². The van der Waals surface area contributed by atoms with E-state index >= 15 is 0 Å². The Labute approximate surface area is 188 Å². The number of carbonyl (C=O) groups is 2. The third-order valence-corrected chi connectivity index (χ3v) is 5.30. The van der Waals surface area contributed by atoms with Crippen LogP contribution >= 0.6 is 0 Å². The molecular weight excluding hydrogens is 433 g/mol. The first-order valence-electron chi connectivity index (χ1n) is 10.4. The second-order valence-corrected chi connectivity index (χ2v) is 7.60. The van der Waals surface area contributed by atoms with Crippen LogP contribution in [0.1, 0.15) is 21.5 Å². The maximum Gasteiger partial charge on any atom is 0.416 e. The molecule has 0 aliphatic carbocycles. The van der Waals surface area contributed by atoms with Crippen LogP contribution in [0, 0.1) is 0 Å². The molecule has 4 rings (SSSR count). The van der Waals surface area contributed by atoms with Crippen LogP contribution in [0.5, 0.6) is 5.75 Å². The van der Waals surface area contributed by atoms with E-state index < -0.39 is 29.7 Å². The molecule has 0 fully saturated rings. The van der Waals surface area contributed by atoms with Gasteiger partial charge in [-0.05, 0) is 42.3 Å². The van der Waals surface area contributed by atoms with Crippen molar-refractivity contribution in [1.82, 2.24) is 5.32 Å². The minimum absolute atomic E-state index is 0.121. The van der Waals surface area contributed by atoms with Crippen molar-refractivity contribution in [3.63, 3.8) is 0 Å². The Morgan fingerprint density at radius 3 is 2.45 bits per heavy atom. The Kier molecular flexibility index (Phi) is 6.35. The summed E-state index contributed by atoms with van der Waals surface area (Å²) in [7, 11) is 0. The number of anilines is 1. The first-order valence-corrected chi connectivity index (χ1v) is 10.4. The summed E-state index contributed by atoms with van der Waals surface area (Å²) in [5, 5.41) is 2.81. The quantitative estimate of drug-likeness (QED) is 0.619. The highest BCUT2D eigenvalue weighted by atomic mass is 19.4. The van der Waals surface area contributed by atoms with Crippen LogP contribution in [0.2, 0.25) is 0 Å². The second-order valence-electron chi connectivity index (χ2n) is 7.60. The minimum atomic E-state index is -4.57. The fourth-order valence-electron chi connectivity index (χ4n) is 3.64. The molecule has 1 aliphatic rings. The van der Waals surface area contributed by atoms with Gasteiger partial charge in [0.2, 0.25) is 0 Å². The molecular formula is C25H21F3N2O3. The molecule has 33 heavy (non-hydrogen) atoms. The Morgan fingerprint density at radius 2 is 1.70 bits per heavy atom. The zero-order valence-corrected chi connectivity index (χ0v) is 17.5. The van der Waals surface area contributed by atoms with E-state index in [-0.39, 0.29) is 12.1 Å². The molecule has 3 aromatic rings. The number of amides is 2. The first kappa shape index (κ1) is 22.4. The molecule has 0 saturated heterocycles. The van der Waals surface area contributed by atoms with E-state index in [0.717, 1.165) is 17.7 Å². The van der Waals surface area contributed by atoms with Gasteiger partial charge in [-0.15, -0.1) is 0 Å². The number of alkyl halides is 3. The third kappa shape index (κ3) is 5.16. The minimum Gasteiger partial charge on any atom is -0.477 e. The summed E-state index contributed by atoms with van der Waals surface area (Å²) < 4.78 is 45.2. The van der Waals surface area contributed by atoms with Crippen LogP contribution in [0.4, 0.5) is 18.9 Å². The van der Waals surface area contributed by atoms with E-state index in [1.165, 1.54) is 17.0 Å². The number of ether oxygens (including phenoxy) is 1. The zero-order chi connectivity index (χ0) is 23.4. The summed E-state index contributed by atoms with van der Waals surface area (Å²) in [6.07, 6.45) is -4.94. The lowest BCUT2D eigenvalue weighted by Gasteiger charge is -2.34. The van der Waals surface area contributed by atoms with Gasteiger partial charge in [-0.2, -0.15) is 13.2 Å². The maximum atomic E-state index is 13.2. The molecule has 170 valence electrons. The highest BCUT2D eigenvalue weighted by Gasteiger charge is 2.35.